The van der Waals surface area contributed by atoms with Crippen molar-refractivity contribution in [2.45, 2.75) is 0 Å². The fourth-order valence-corrected chi connectivity index (χ4v) is 0.114. The van der Waals surface area contributed by atoms with E-state index < -0.39 is 0 Å². The number of rotatable bonds is 1. The Labute approximate surface area is 38.4 Å². The lowest BCUT2D eigenvalue weighted by Crippen LogP contribution is -1.49. The maximum absolute atomic E-state index is 7.91. The second-order valence-electron chi connectivity index (χ2n) is 0.726. The van der Waals surface area contributed by atoms with Crippen LogP contribution in [0.25, 0.3) is 0 Å². The van der Waals surface area contributed by atoms with Crippen molar-refractivity contribution in [3.63, 3.8) is 0 Å². The second kappa shape index (κ2) is 4.34. The zero-order valence-corrected chi connectivity index (χ0v) is 3.33. The highest BCUT2D eigenvalue weighted by Crippen LogP contribution is 1.66. The second-order valence-corrected chi connectivity index (χ2v) is 0.726. The molecule has 1 nitrogen and oxygen atoms in total. The summed E-state index contributed by atoms with van der Waals surface area (Å²) in [6.07, 6.45) is 3.88. The smallest absolute Gasteiger partial charge is 0.102 e. The third kappa shape index (κ3) is 3.34. The molecule has 0 amide bonds. The Hall–Kier alpha value is -0.655. The zero-order valence-electron chi connectivity index (χ0n) is 3.33. The van der Waals surface area contributed by atoms with Gasteiger partial charge in [0.05, 0.1) is 6.26 Å². The van der Waals surface area contributed by atoms with Gasteiger partial charge in [-0.2, -0.15) is 0 Å². The quantitative estimate of drug-likeness (QED) is 0.279. The molecule has 2 heteroatoms. The van der Waals surface area contributed by atoms with Crippen molar-refractivity contribution in [2.24, 2.45) is 0 Å². The minimum Gasteiger partial charge on any atom is -0.516 e. The van der Waals surface area contributed by atoms with Crippen molar-refractivity contribution >= 4 is 7.85 Å². The normalized spacial score (nSPS) is 11.3. The monoisotopic (exact) mass is 80.0 g/mol. The summed E-state index contributed by atoms with van der Waals surface area (Å²) >= 11 is 0. The van der Waals surface area contributed by atoms with Gasteiger partial charge in [-0.05, 0) is 6.08 Å². The van der Waals surface area contributed by atoms with Crippen LogP contribution in [0.15, 0.2) is 24.4 Å². The van der Waals surface area contributed by atoms with Crippen LogP contribution in [0, 0.1) is 0 Å². The SMILES string of the molecule is [B]/C=C/C=C/O. The van der Waals surface area contributed by atoms with Crippen molar-refractivity contribution in [3.05, 3.63) is 24.4 Å². The van der Waals surface area contributed by atoms with Gasteiger partial charge in [0, 0.05) is 0 Å². The summed E-state index contributed by atoms with van der Waals surface area (Å²) in [6, 6.07) is 0. The molecular formula is C4H5BO. The van der Waals surface area contributed by atoms with Crippen LogP contribution in [0.1, 0.15) is 0 Å². The molecule has 0 aliphatic rings. The van der Waals surface area contributed by atoms with Crippen LogP contribution in [0.4, 0.5) is 0 Å². The standard InChI is InChI=1S/C4H5BO/c5-3-1-2-4-6/h1-4,6H/b3-1+,4-2+. The topological polar surface area (TPSA) is 20.2 Å². The van der Waals surface area contributed by atoms with Gasteiger partial charge in [-0.25, -0.2) is 0 Å². The van der Waals surface area contributed by atoms with Gasteiger partial charge in [-0.15, -0.1) is 5.98 Å². The van der Waals surface area contributed by atoms with Crippen molar-refractivity contribution in [2.75, 3.05) is 0 Å². The zero-order chi connectivity index (χ0) is 4.83. The lowest BCUT2D eigenvalue weighted by molar-refractivity contribution is 0.474. The lowest BCUT2D eigenvalue weighted by atomic mass is 10.1. The highest BCUT2D eigenvalue weighted by molar-refractivity contribution is 6.17. The molecule has 6 heavy (non-hydrogen) atoms. The van der Waals surface area contributed by atoms with Gasteiger partial charge in [0.15, 0.2) is 0 Å². The van der Waals surface area contributed by atoms with Crippen molar-refractivity contribution in [1.29, 1.82) is 0 Å². The average molecular weight is 79.9 g/mol. The van der Waals surface area contributed by atoms with Crippen LogP contribution in [0.3, 0.4) is 0 Å². The maximum atomic E-state index is 7.91. The van der Waals surface area contributed by atoms with Crippen LogP contribution >= 0.6 is 0 Å². The molecule has 0 saturated carbocycles. The number of aliphatic hydroxyl groups is 1. The minimum atomic E-state index is 0.920. The van der Waals surface area contributed by atoms with Gasteiger partial charge in [-0.3, -0.25) is 0 Å². The van der Waals surface area contributed by atoms with Gasteiger partial charge in [0.1, 0.15) is 7.85 Å². The first-order chi connectivity index (χ1) is 2.91. The molecule has 0 bridgehead atoms. The summed E-state index contributed by atoms with van der Waals surface area (Å²) < 4.78 is 0. The molecule has 0 saturated heterocycles. The Bertz CT molecular complexity index is 55.9. The van der Waals surface area contributed by atoms with Crippen LogP contribution < -0.4 is 0 Å². The molecule has 0 fully saturated rings. The molecule has 0 aromatic carbocycles. The summed E-state index contributed by atoms with van der Waals surface area (Å²) in [6.45, 7) is 0. The summed E-state index contributed by atoms with van der Waals surface area (Å²) in [5.41, 5.74) is 0. The lowest BCUT2D eigenvalue weighted by Gasteiger charge is -1.63. The Balaban J connectivity index is 3.07. The van der Waals surface area contributed by atoms with Gasteiger partial charge < -0.3 is 5.11 Å². The third-order valence-corrected chi connectivity index (χ3v) is 0.308. The van der Waals surface area contributed by atoms with Crippen molar-refractivity contribution < 1.29 is 5.11 Å². The highest BCUT2D eigenvalue weighted by atomic mass is 16.2. The fraction of sp³-hybridized carbons (Fsp3) is 0. The first-order valence-corrected chi connectivity index (χ1v) is 1.59. The molecule has 1 N–H and O–H groups in total. The number of hydrogen-bond acceptors (Lipinski definition) is 1. The fourth-order valence-electron chi connectivity index (χ4n) is 0.114. The predicted molar refractivity (Wildman–Crippen MR) is 26.7 cm³/mol. The van der Waals surface area contributed by atoms with E-state index in [1.165, 1.54) is 18.1 Å². The first-order valence-electron chi connectivity index (χ1n) is 1.59. The maximum Gasteiger partial charge on any atom is 0.102 e. The number of hydrogen-bond donors (Lipinski definition) is 1. The van der Waals surface area contributed by atoms with E-state index in [9.17, 15) is 0 Å². The molecule has 0 heterocycles. The van der Waals surface area contributed by atoms with E-state index in [2.05, 4.69) is 0 Å². The third-order valence-electron chi connectivity index (χ3n) is 0.308. The molecular weight excluding hydrogens is 74.9 g/mol. The Morgan fingerprint density at radius 1 is 1.33 bits per heavy atom. The minimum absolute atomic E-state index is 0.920. The first kappa shape index (κ1) is 5.34. The van der Waals surface area contributed by atoms with Gasteiger partial charge in [0.2, 0.25) is 0 Å². The Morgan fingerprint density at radius 3 is 2.17 bits per heavy atom. The van der Waals surface area contributed by atoms with E-state index in [4.69, 9.17) is 13.0 Å². The van der Waals surface area contributed by atoms with Crippen molar-refractivity contribution in [3.8, 4) is 0 Å². The molecule has 0 aliphatic carbocycles. The van der Waals surface area contributed by atoms with E-state index in [1.807, 2.05) is 0 Å². The summed E-state index contributed by atoms with van der Waals surface area (Å²) in [5, 5.41) is 7.91. The Kier molecular flexibility index (Phi) is 3.87. The van der Waals surface area contributed by atoms with E-state index in [1.54, 1.807) is 0 Å². The molecule has 0 atom stereocenters. The molecule has 0 rings (SSSR count). The summed E-state index contributed by atoms with van der Waals surface area (Å²) in [5.74, 6) is 1.34. The van der Waals surface area contributed by atoms with Crippen LogP contribution in [-0.4, -0.2) is 13.0 Å². The highest BCUT2D eigenvalue weighted by Gasteiger charge is 1.50. The van der Waals surface area contributed by atoms with Crippen LogP contribution in [0.2, 0.25) is 0 Å². The average Bonchev–Trinajstić information content (AvgIpc) is 1.61. The molecule has 0 unspecified atom stereocenters. The largest absolute Gasteiger partial charge is 0.516 e. The van der Waals surface area contributed by atoms with Crippen LogP contribution in [-0.2, 0) is 0 Å². The molecule has 2 radical (unpaired) electrons. The molecule has 0 aromatic rings. The van der Waals surface area contributed by atoms with E-state index in [0.717, 1.165) is 6.26 Å². The molecule has 30 valence electrons. The van der Waals surface area contributed by atoms with E-state index >= 15 is 0 Å². The van der Waals surface area contributed by atoms with E-state index in [0.29, 0.717) is 0 Å². The number of aliphatic hydroxyl groups excluding tert-OH is 1. The molecule has 0 aromatic heterocycles. The number of allylic oxidation sites excluding steroid dienone is 2. The molecule has 0 aliphatic heterocycles. The van der Waals surface area contributed by atoms with Crippen LogP contribution in [0.5, 0.6) is 0 Å². The predicted octanol–water partition coefficient (Wildman–Crippen LogP) is 0.740. The summed E-state index contributed by atoms with van der Waals surface area (Å²) in [7, 11) is 4.87. The van der Waals surface area contributed by atoms with Crippen molar-refractivity contribution in [1.82, 2.24) is 0 Å². The molecule has 0 spiro atoms. The van der Waals surface area contributed by atoms with Gasteiger partial charge >= 0.3 is 0 Å². The van der Waals surface area contributed by atoms with E-state index in [-0.39, 0.29) is 0 Å². The summed E-state index contributed by atoms with van der Waals surface area (Å²) in [4.78, 5) is 0. The Morgan fingerprint density at radius 2 is 2.00 bits per heavy atom. The van der Waals surface area contributed by atoms with Gasteiger partial charge in [-0.1, -0.05) is 6.08 Å². The van der Waals surface area contributed by atoms with Gasteiger partial charge in [0.25, 0.3) is 0 Å².